The number of nitrogens with one attached hydrogen (secondary N) is 2. The third kappa shape index (κ3) is 4.86. The van der Waals surface area contributed by atoms with E-state index in [0.29, 0.717) is 16.9 Å². The monoisotopic (exact) mass is 472 g/mol. The quantitative estimate of drug-likeness (QED) is 0.519. The highest BCUT2D eigenvalue weighted by atomic mass is 79.9. The molecule has 0 unspecified atom stereocenters. The molecule has 0 bridgehead atoms. The zero-order valence-electron chi connectivity index (χ0n) is 16.3. The molecule has 150 valence electrons. The minimum absolute atomic E-state index is 0.0697. The number of hydrogen-bond acceptors (Lipinski definition) is 3. The van der Waals surface area contributed by atoms with Gasteiger partial charge >= 0.3 is 0 Å². The van der Waals surface area contributed by atoms with E-state index in [-0.39, 0.29) is 16.4 Å². The van der Waals surface area contributed by atoms with E-state index in [1.165, 1.54) is 6.07 Å². The van der Waals surface area contributed by atoms with Gasteiger partial charge in [0, 0.05) is 15.7 Å². The molecule has 0 radical (unpaired) electrons. The minimum Gasteiger partial charge on any atom is -0.322 e. The lowest BCUT2D eigenvalue weighted by molar-refractivity contribution is 0.102. The molecule has 0 heterocycles. The molecule has 7 heteroatoms. The smallest absolute Gasteiger partial charge is 0.262 e. The van der Waals surface area contributed by atoms with Crippen LogP contribution in [0.15, 0.2) is 70.0 Å². The Morgan fingerprint density at radius 3 is 2.34 bits per heavy atom. The van der Waals surface area contributed by atoms with Crippen LogP contribution in [0.5, 0.6) is 0 Å². The van der Waals surface area contributed by atoms with Crippen LogP contribution in [0.1, 0.15) is 27.0 Å². The topological polar surface area (TPSA) is 75.3 Å². The van der Waals surface area contributed by atoms with Crippen molar-refractivity contribution in [2.45, 2.75) is 25.7 Å². The number of benzene rings is 3. The number of aryl methyl sites for hydroxylation is 2. The predicted octanol–water partition coefficient (Wildman–Crippen LogP) is 5.43. The van der Waals surface area contributed by atoms with Gasteiger partial charge in [-0.2, -0.15) is 0 Å². The predicted molar refractivity (Wildman–Crippen MR) is 120 cm³/mol. The van der Waals surface area contributed by atoms with E-state index >= 15 is 0 Å². The van der Waals surface area contributed by atoms with Crippen molar-refractivity contribution in [3.8, 4) is 0 Å². The number of rotatable bonds is 5. The van der Waals surface area contributed by atoms with E-state index in [1.54, 1.807) is 49.4 Å². The van der Waals surface area contributed by atoms with Gasteiger partial charge in [0.2, 0.25) is 0 Å². The molecule has 0 saturated carbocycles. The molecule has 0 atom stereocenters. The van der Waals surface area contributed by atoms with Crippen molar-refractivity contribution in [1.82, 2.24) is 0 Å². The van der Waals surface area contributed by atoms with Crippen molar-refractivity contribution in [3.05, 3.63) is 87.4 Å². The zero-order chi connectivity index (χ0) is 21.2. The van der Waals surface area contributed by atoms with Crippen LogP contribution in [0.25, 0.3) is 0 Å². The lowest BCUT2D eigenvalue weighted by atomic mass is 10.1. The largest absolute Gasteiger partial charge is 0.322 e. The van der Waals surface area contributed by atoms with Crippen molar-refractivity contribution in [1.29, 1.82) is 0 Å². The first kappa shape index (κ1) is 21.1. The summed E-state index contributed by atoms with van der Waals surface area (Å²) in [6, 6.07) is 17.3. The second-order valence-electron chi connectivity index (χ2n) is 6.80. The van der Waals surface area contributed by atoms with Gasteiger partial charge in [0.25, 0.3) is 15.9 Å². The van der Waals surface area contributed by atoms with Gasteiger partial charge in [-0.05, 0) is 73.9 Å². The fourth-order valence-electron chi connectivity index (χ4n) is 2.86. The Bertz CT molecular complexity index is 1190. The van der Waals surface area contributed by atoms with Gasteiger partial charge in [-0.3, -0.25) is 9.52 Å². The highest BCUT2D eigenvalue weighted by Gasteiger charge is 2.20. The molecule has 0 aliphatic heterocycles. The zero-order valence-corrected chi connectivity index (χ0v) is 18.7. The normalized spacial score (nSPS) is 11.2. The summed E-state index contributed by atoms with van der Waals surface area (Å²) < 4.78 is 29.5. The third-order valence-electron chi connectivity index (χ3n) is 4.67. The molecule has 0 aromatic heterocycles. The standard InChI is InChI=1S/C22H21BrN2O3S/c1-14-6-4-9-20(16(14)3)25-29(27,28)21-12-17(11-10-15(21)2)22(26)24-19-8-5-7-18(23)13-19/h4-13,25H,1-3H3,(H,24,26). The lowest BCUT2D eigenvalue weighted by Gasteiger charge is -2.14. The van der Waals surface area contributed by atoms with Gasteiger partial charge in [-0.1, -0.05) is 40.2 Å². The first-order chi connectivity index (χ1) is 13.7. The molecule has 0 aliphatic carbocycles. The van der Waals surface area contributed by atoms with E-state index in [1.807, 2.05) is 26.0 Å². The van der Waals surface area contributed by atoms with Crippen molar-refractivity contribution in [2.24, 2.45) is 0 Å². The SMILES string of the molecule is Cc1ccc(C(=O)Nc2cccc(Br)c2)cc1S(=O)(=O)Nc1cccc(C)c1C. The van der Waals surface area contributed by atoms with Gasteiger partial charge < -0.3 is 5.32 Å². The Hall–Kier alpha value is -2.64. The Labute approximate surface area is 179 Å². The molecular formula is C22H21BrN2O3S. The summed E-state index contributed by atoms with van der Waals surface area (Å²) in [7, 11) is -3.86. The van der Waals surface area contributed by atoms with Gasteiger partial charge in [0.15, 0.2) is 0 Å². The van der Waals surface area contributed by atoms with E-state index in [9.17, 15) is 13.2 Å². The Morgan fingerprint density at radius 2 is 1.62 bits per heavy atom. The van der Waals surface area contributed by atoms with Crippen LogP contribution in [0.2, 0.25) is 0 Å². The summed E-state index contributed by atoms with van der Waals surface area (Å²) in [5.41, 5.74) is 3.80. The molecule has 0 saturated heterocycles. The van der Waals surface area contributed by atoms with Crippen molar-refractivity contribution < 1.29 is 13.2 Å². The molecule has 3 aromatic carbocycles. The number of hydrogen-bond donors (Lipinski definition) is 2. The molecule has 3 aromatic rings. The van der Waals surface area contributed by atoms with Crippen LogP contribution in [0.4, 0.5) is 11.4 Å². The molecule has 0 aliphatic rings. The second kappa shape index (κ2) is 8.39. The highest BCUT2D eigenvalue weighted by Crippen LogP contribution is 2.25. The van der Waals surface area contributed by atoms with Crippen LogP contribution in [-0.2, 0) is 10.0 Å². The van der Waals surface area contributed by atoms with Crippen LogP contribution < -0.4 is 10.0 Å². The molecule has 1 amide bonds. The van der Waals surface area contributed by atoms with Crippen LogP contribution in [-0.4, -0.2) is 14.3 Å². The molecular weight excluding hydrogens is 452 g/mol. The van der Waals surface area contributed by atoms with E-state index in [0.717, 1.165) is 15.6 Å². The maximum absolute atomic E-state index is 13.0. The van der Waals surface area contributed by atoms with E-state index in [4.69, 9.17) is 0 Å². The fraction of sp³-hybridized carbons (Fsp3) is 0.136. The summed E-state index contributed by atoms with van der Waals surface area (Å²) in [5, 5.41) is 2.78. The second-order valence-corrected chi connectivity index (χ2v) is 9.36. The number of carbonyl (C=O) groups excluding carboxylic acids is 1. The first-order valence-electron chi connectivity index (χ1n) is 8.94. The molecule has 0 fully saturated rings. The Balaban J connectivity index is 1.91. The lowest BCUT2D eigenvalue weighted by Crippen LogP contribution is -2.17. The van der Waals surface area contributed by atoms with Crippen molar-refractivity contribution >= 4 is 43.2 Å². The molecule has 0 spiro atoms. The maximum Gasteiger partial charge on any atom is 0.262 e. The average molecular weight is 473 g/mol. The fourth-order valence-corrected chi connectivity index (χ4v) is 4.66. The summed E-state index contributed by atoms with van der Waals surface area (Å²) in [4.78, 5) is 12.7. The summed E-state index contributed by atoms with van der Waals surface area (Å²) in [6.45, 7) is 5.49. The Kier molecular flexibility index (Phi) is 6.10. The van der Waals surface area contributed by atoms with Gasteiger partial charge in [0.1, 0.15) is 0 Å². The number of anilines is 2. The summed E-state index contributed by atoms with van der Waals surface area (Å²) in [5.74, 6) is -0.383. The first-order valence-corrected chi connectivity index (χ1v) is 11.2. The van der Waals surface area contributed by atoms with Gasteiger partial charge in [-0.25, -0.2) is 8.42 Å². The van der Waals surface area contributed by atoms with Crippen molar-refractivity contribution in [3.63, 3.8) is 0 Å². The molecule has 2 N–H and O–H groups in total. The molecule has 5 nitrogen and oxygen atoms in total. The summed E-state index contributed by atoms with van der Waals surface area (Å²) >= 11 is 3.36. The maximum atomic E-state index is 13.0. The number of sulfonamides is 1. The summed E-state index contributed by atoms with van der Waals surface area (Å²) in [6.07, 6.45) is 0. The molecule has 3 rings (SSSR count). The van der Waals surface area contributed by atoms with E-state index < -0.39 is 10.0 Å². The number of amides is 1. The Morgan fingerprint density at radius 1 is 0.897 bits per heavy atom. The van der Waals surface area contributed by atoms with Crippen LogP contribution >= 0.6 is 15.9 Å². The van der Waals surface area contributed by atoms with Crippen LogP contribution in [0, 0.1) is 20.8 Å². The number of halogens is 1. The minimum atomic E-state index is -3.86. The molecule has 29 heavy (non-hydrogen) atoms. The number of carbonyl (C=O) groups is 1. The van der Waals surface area contributed by atoms with Crippen molar-refractivity contribution in [2.75, 3.05) is 10.0 Å². The average Bonchev–Trinajstić information content (AvgIpc) is 2.65. The van der Waals surface area contributed by atoms with Gasteiger partial charge in [-0.15, -0.1) is 0 Å². The third-order valence-corrected chi connectivity index (χ3v) is 6.67. The van der Waals surface area contributed by atoms with Gasteiger partial charge in [0.05, 0.1) is 10.6 Å². The highest BCUT2D eigenvalue weighted by molar-refractivity contribution is 9.10. The van der Waals surface area contributed by atoms with E-state index in [2.05, 4.69) is 26.0 Å². The van der Waals surface area contributed by atoms with Crippen LogP contribution in [0.3, 0.4) is 0 Å².